The van der Waals surface area contributed by atoms with Gasteiger partial charge in [0.1, 0.15) is 42.3 Å². The molecule has 1 saturated heterocycles. The van der Waals surface area contributed by atoms with Gasteiger partial charge in [0.05, 0.1) is 18.6 Å². The first-order valence-electron chi connectivity index (χ1n) is 28.6. The van der Waals surface area contributed by atoms with E-state index in [2.05, 4.69) is 47.9 Å². The number of aromatic amines is 1. The lowest BCUT2D eigenvalue weighted by molar-refractivity contribution is -0.403. The standard InChI is InChI=1S/C62H78N10O13/c1-5-37(4)53(62(84)85)71-59(81)49(33-52(74)75)68-56(78)46(30-39-20-11-7-12-21-39)66-58(80)48(32-41-34-64-44-25-16-15-24-42(41)44)67-57(79)47(31-40-22-13-8-14-23-40)69-60(82)51-26-17-27-72(51)61(83)50(35-73)70-55(77)45(28-36(2)3)65-54(76)43(63)29-38-18-9-6-10-19-38/h6-16,18-25,34,36-37,43,45-51,53,64,73H,5,17,26-33,35,63H2,1-4H3,(H,65,76)(H,66,80)(H,67,79)(H,68,78)(H,69,82)(H,70,77)(H,71,81)(H,74,75)(H,84,85)/p-1/t37-,43-,45-,46-,47-,48-,49-,50-,51-,53-/m0/s1. The molecule has 4 aromatic carbocycles. The van der Waals surface area contributed by atoms with E-state index in [0.29, 0.717) is 46.9 Å². The summed E-state index contributed by atoms with van der Waals surface area (Å²) in [6.45, 7) is 6.13. The average Bonchev–Trinajstić information content (AvgIpc) is 4.25. The van der Waals surface area contributed by atoms with Crippen molar-refractivity contribution in [1.29, 1.82) is 0 Å². The number of aliphatic hydroxyl groups excluding tert-OH is 1. The van der Waals surface area contributed by atoms with E-state index >= 15 is 0 Å². The van der Waals surface area contributed by atoms with Crippen molar-refractivity contribution >= 4 is 70.1 Å². The number of rotatable bonds is 31. The highest BCUT2D eigenvalue weighted by Gasteiger charge is 2.41. The Morgan fingerprint density at radius 3 is 1.59 bits per heavy atom. The number of para-hydroxylation sites is 1. The highest BCUT2D eigenvalue weighted by Crippen LogP contribution is 2.22. The highest BCUT2D eigenvalue weighted by atomic mass is 16.4. The van der Waals surface area contributed by atoms with Crippen molar-refractivity contribution in [1.82, 2.24) is 47.1 Å². The minimum Gasteiger partial charge on any atom is -0.550 e. The van der Waals surface area contributed by atoms with Crippen LogP contribution in [0.4, 0.5) is 0 Å². The molecule has 23 nitrogen and oxygen atoms in total. The van der Waals surface area contributed by atoms with E-state index < -0.39 is 133 Å². The number of likely N-dealkylation sites (tertiary alicyclic amines) is 1. The summed E-state index contributed by atoms with van der Waals surface area (Å²) >= 11 is 0. The number of carbonyl (C=O) groups is 10. The number of hydrogen-bond donors (Lipinski definition) is 10. The first-order chi connectivity index (χ1) is 40.6. The van der Waals surface area contributed by atoms with Crippen LogP contribution in [0.25, 0.3) is 10.9 Å². The van der Waals surface area contributed by atoms with Gasteiger partial charge in [-0.15, -0.1) is 0 Å². The van der Waals surface area contributed by atoms with E-state index in [1.54, 1.807) is 98.0 Å². The molecule has 85 heavy (non-hydrogen) atoms. The van der Waals surface area contributed by atoms with Crippen LogP contribution in [0.5, 0.6) is 0 Å². The topological polar surface area (TPSA) is 368 Å². The van der Waals surface area contributed by atoms with Crippen LogP contribution in [0.1, 0.15) is 82.1 Å². The largest absolute Gasteiger partial charge is 0.550 e. The van der Waals surface area contributed by atoms with E-state index in [4.69, 9.17) is 0 Å². The number of aliphatic hydroxyl groups is 1. The Labute approximate surface area is 493 Å². The minimum atomic E-state index is -1.87. The molecule has 0 bridgehead atoms. The molecule has 1 fully saturated rings. The van der Waals surface area contributed by atoms with Gasteiger partial charge in [-0.05, 0) is 59.4 Å². The Balaban J connectivity index is 1.25. The van der Waals surface area contributed by atoms with Crippen LogP contribution in [0.15, 0.2) is 121 Å². The van der Waals surface area contributed by atoms with E-state index in [1.165, 1.54) is 11.8 Å². The number of H-pyrrole nitrogens is 1. The van der Waals surface area contributed by atoms with Crippen molar-refractivity contribution in [3.63, 3.8) is 0 Å². The molecule has 0 spiro atoms. The van der Waals surface area contributed by atoms with Crippen LogP contribution >= 0.6 is 0 Å². The predicted molar refractivity (Wildman–Crippen MR) is 308 cm³/mol. The van der Waals surface area contributed by atoms with Crippen molar-refractivity contribution in [3.8, 4) is 0 Å². The summed E-state index contributed by atoms with van der Waals surface area (Å²) < 4.78 is 0. The zero-order valence-corrected chi connectivity index (χ0v) is 48.2. The van der Waals surface area contributed by atoms with Crippen LogP contribution in [0.2, 0.25) is 0 Å². The first-order valence-corrected chi connectivity index (χ1v) is 28.6. The number of benzene rings is 4. The molecule has 23 heteroatoms. The normalized spacial score (nSPS) is 16.2. The van der Waals surface area contributed by atoms with Gasteiger partial charge in [0.15, 0.2) is 6.04 Å². The SMILES string of the molecule is CC[C@H](C)[C@H](NC(=O)[C@H](CC(=O)[O-])NC(=O)[C@H](Cc1ccccc1)NC(=O)[C@H](Cc1c[nH]c2ccccc12)NC(=O)[C@H](Cc1ccccc1)NC(=O)[C@@H]1CCCN1C(=O)[C@H](CO)NC(=O)[C@H](CC(C)C)NC(=O)[C@@H]([NH3+])Cc1ccccc1)C(=O)[O-]. The molecule has 12 N–H and O–H groups in total. The summed E-state index contributed by atoms with van der Waals surface area (Å²) in [7, 11) is 0. The smallest absolute Gasteiger partial charge is 0.279 e. The maximum absolute atomic E-state index is 14.9. The molecule has 1 aromatic heterocycles. The maximum Gasteiger partial charge on any atom is 0.279 e. The Morgan fingerprint density at radius 1 is 0.588 bits per heavy atom. The number of amides is 8. The molecule has 10 atom stereocenters. The third kappa shape index (κ3) is 19.0. The second-order valence-corrected chi connectivity index (χ2v) is 22.0. The summed E-state index contributed by atoms with van der Waals surface area (Å²) in [4.78, 5) is 142. The molecule has 1 aliphatic heterocycles. The van der Waals surface area contributed by atoms with Crippen LogP contribution in [-0.2, 0) is 73.6 Å². The molecule has 0 radical (unpaired) electrons. The molecule has 454 valence electrons. The van der Waals surface area contributed by atoms with Gasteiger partial charge >= 0.3 is 0 Å². The molecule has 0 unspecified atom stereocenters. The number of fused-ring (bicyclic) bond motifs is 1. The Bertz CT molecular complexity index is 3110. The van der Waals surface area contributed by atoms with Crippen molar-refractivity contribution < 1.29 is 69.0 Å². The van der Waals surface area contributed by atoms with Gasteiger partial charge in [-0.25, -0.2) is 0 Å². The van der Waals surface area contributed by atoms with E-state index in [-0.39, 0.29) is 44.6 Å². The van der Waals surface area contributed by atoms with Gasteiger partial charge in [0.2, 0.25) is 41.4 Å². The van der Waals surface area contributed by atoms with Gasteiger partial charge in [-0.1, -0.05) is 143 Å². The summed E-state index contributed by atoms with van der Waals surface area (Å²) in [6, 6.07) is 21.0. The number of quaternary nitrogens is 1. The second-order valence-electron chi connectivity index (χ2n) is 22.0. The van der Waals surface area contributed by atoms with Crippen molar-refractivity contribution in [2.75, 3.05) is 13.2 Å². The molecule has 6 rings (SSSR count). The van der Waals surface area contributed by atoms with E-state index in [9.17, 15) is 63.3 Å². The Kier molecular flexibility index (Phi) is 24.3. The van der Waals surface area contributed by atoms with Crippen LogP contribution in [0, 0.1) is 11.8 Å². The number of aliphatic carboxylic acids is 2. The number of aromatic nitrogens is 1. The lowest BCUT2D eigenvalue weighted by Gasteiger charge is -2.31. The summed E-state index contributed by atoms with van der Waals surface area (Å²) in [5, 5.41) is 53.5. The van der Waals surface area contributed by atoms with Crippen molar-refractivity contribution in [2.45, 2.75) is 140 Å². The van der Waals surface area contributed by atoms with Crippen LogP contribution < -0.4 is 53.2 Å². The summed E-state index contributed by atoms with van der Waals surface area (Å²) in [5.74, 6) is -10.8. The predicted octanol–water partition coefficient (Wildman–Crippen LogP) is -1.59. The number of nitrogens with zero attached hydrogens (tertiary/aromatic N) is 1. The zero-order chi connectivity index (χ0) is 61.7. The monoisotopic (exact) mass is 1170 g/mol. The number of carboxylic acids is 2. The zero-order valence-electron chi connectivity index (χ0n) is 48.2. The number of nitrogens with one attached hydrogen (secondary N) is 8. The average molecular weight is 1170 g/mol. The van der Waals surface area contributed by atoms with Gasteiger partial charge in [-0.3, -0.25) is 38.4 Å². The number of carboxylic acid groups (broad SMARTS) is 2. The Hall–Kier alpha value is -8.96. The van der Waals surface area contributed by atoms with Crippen molar-refractivity contribution in [2.24, 2.45) is 11.8 Å². The Morgan fingerprint density at radius 2 is 1.06 bits per heavy atom. The fourth-order valence-corrected chi connectivity index (χ4v) is 10.2. The van der Waals surface area contributed by atoms with E-state index in [1.807, 2.05) is 44.2 Å². The molecule has 5 aromatic rings. The van der Waals surface area contributed by atoms with E-state index in [0.717, 1.165) is 5.56 Å². The number of carbonyl (C=O) groups excluding carboxylic acids is 10. The summed E-state index contributed by atoms with van der Waals surface area (Å²) in [5.41, 5.74) is 7.25. The van der Waals surface area contributed by atoms with Crippen molar-refractivity contribution in [3.05, 3.63) is 144 Å². The summed E-state index contributed by atoms with van der Waals surface area (Å²) in [6.07, 6.45) is 1.33. The molecule has 2 heterocycles. The molecule has 0 saturated carbocycles. The number of hydrogen-bond acceptors (Lipinski definition) is 13. The van der Waals surface area contributed by atoms with Gasteiger partial charge < -0.3 is 77.7 Å². The van der Waals surface area contributed by atoms with Crippen LogP contribution in [-0.4, -0.2) is 142 Å². The van der Waals surface area contributed by atoms with Gasteiger partial charge in [0, 0.05) is 61.7 Å². The fraction of sp³-hybridized carbons (Fsp3) is 0.419. The third-order valence-corrected chi connectivity index (χ3v) is 15.0. The molecule has 0 aliphatic carbocycles. The second kappa shape index (κ2) is 31.6. The highest BCUT2D eigenvalue weighted by molar-refractivity contribution is 5.99. The molecular formula is C62H77N10O13-. The molecule has 8 amide bonds. The fourth-order valence-electron chi connectivity index (χ4n) is 10.2. The minimum absolute atomic E-state index is 0.0509. The third-order valence-electron chi connectivity index (χ3n) is 15.0. The molecular weight excluding hydrogens is 1090 g/mol. The lowest BCUT2D eigenvalue weighted by Crippen LogP contribution is -2.70. The quantitative estimate of drug-likeness (QED) is 0.0240. The lowest BCUT2D eigenvalue weighted by atomic mass is 9.98. The first kappa shape index (κ1) is 65.2. The van der Waals surface area contributed by atoms with Gasteiger partial charge in [0.25, 0.3) is 5.91 Å². The van der Waals surface area contributed by atoms with Gasteiger partial charge in [-0.2, -0.15) is 0 Å². The molecule has 1 aliphatic rings. The van der Waals surface area contributed by atoms with Crippen LogP contribution in [0.3, 0.4) is 0 Å². The maximum atomic E-state index is 14.9.